The van der Waals surface area contributed by atoms with Crippen LogP contribution in [0.25, 0.3) is 0 Å². The summed E-state index contributed by atoms with van der Waals surface area (Å²) in [4.78, 5) is 16.7. The van der Waals surface area contributed by atoms with Crippen LogP contribution >= 0.6 is 0 Å². The molecule has 5 nitrogen and oxygen atoms in total. The molecule has 1 unspecified atom stereocenters. The molecule has 3 N–H and O–H groups in total. The van der Waals surface area contributed by atoms with Crippen LogP contribution < -0.4 is 10.6 Å². The first kappa shape index (κ1) is 10.9. The molecule has 2 rings (SSSR count). The van der Waals surface area contributed by atoms with Gasteiger partial charge in [0.1, 0.15) is 5.69 Å². The molecule has 1 aliphatic rings. The molecule has 0 spiro atoms. The molecule has 86 valence electrons. The highest BCUT2D eigenvalue weighted by Gasteiger charge is 2.22. The van der Waals surface area contributed by atoms with E-state index in [0.717, 1.165) is 25.2 Å². The lowest BCUT2D eigenvalue weighted by molar-refractivity contribution is 0.0690. The highest BCUT2D eigenvalue weighted by Crippen LogP contribution is 2.23. The third-order valence-corrected chi connectivity index (χ3v) is 2.95. The summed E-state index contributed by atoms with van der Waals surface area (Å²) in [6.45, 7) is 2.53. The zero-order valence-corrected chi connectivity index (χ0v) is 8.97. The molecule has 1 aliphatic heterocycles. The molecule has 0 aliphatic carbocycles. The summed E-state index contributed by atoms with van der Waals surface area (Å²) >= 11 is 0. The van der Waals surface area contributed by atoms with E-state index in [-0.39, 0.29) is 5.69 Å². The molecular formula is C11H15N3O2. The normalized spacial score (nSPS) is 20.1. The average Bonchev–Trinajstić information content (AvgIpc) is 2.77. The predicted molar refractivity (Wildman–Crippen MR) is 60.6 cm³/mol. The Labute approximate surface area is 93.9 Å². The molecule has 0 amide bonds. The minimum atomic E-state index is -0.989. The van der Waals surface area contributed by atoms with Crippen molar-refractivity contribution < 1.29 is 9.90 Å². The number of carboxylic acids is 1. The Hall–Kier alpha value is -1.62. The maximum atomic E-state index is 10.8. The summed E-state index contributed by atoms with van der Waals surface area (Å²) < 4.78 is 0. The second-order valence-electron chi connectivity index (χ2n) is 4.04. The number of anilines is 1. The van der Waals surface area contributed by atoms with Gasteiger partial charge in [0.05, 0.1) is 0 Å². The topological polar surface area (TPSA) is 79.5 Å². The van der Waals surface area contributed by atoms with Crippen molar-refractivity contribution in [1.29, 1.82) is 0 Å². The number of aromatic nitrogens is 1. The van der Waals surface area contributed by atoms with Crippen molar-refractivity contribution in [2.24, 2.45) is 11.7 Å². The fourth-order valence-electron chi connectivity index (χ4n) is 1.99. The standard InChI is InChI=1S/C11H15N3O2/c12-6-8-2-4-14(7-8)9-1-3-13-10(5-9)11(15)16/h1,3,5,8H,2,4,6-7,12H2,(H,15,16). The third-order valence-electron chi connectivity index (χ3n) is 2.95. The van der Waals surface area contributed by atoms with Gasteiger partial charge in [-0.3, -0.25) is 0 Å². The van der Waals surface area contributed by atoms with Gasteiger partial charge in [-0.2, -0.15) is 0 Å². The third kappa shape index (κ3) is 2.14. The second kappa shape index (κ2) is 4.49. The van der Waals surface area contributed by atoms with E-state index in [1.807, 2.05) is 6.07 Å². The number of nitrogens with two attached hydrogens (primary N) is 1. The number of nitrogens with zero attached hydrogens (tertiary/aromatic N) is 2. The Kier molecular flexibility index (Phi) is 3.05. The smallest absolute Gasteiger partial charge is 0.354 e. The fourth-order valence-corrected chi connectivity index (χ4v) is 1.99. The first-order chi connectivity index (χ1) is 7.70. The monoisotopic (exact) mass is 221 g/mol. The molecule has 1 fully saturated rings. The first-order valence-electron chi connectivity index (χ1n) is 5.35. The molecule has 1 saturated heterocycles. The Morgan fingerprint density at radius 2 is 2.50 bits per heavy atom. The molecule has 1 aromatic rings. The van der Waals surface area contributed by atoms with E-state index in [0.29, 0.717) is 12.5 Å². The van der Waals surface area contributed by atoms with Crippen LogP contribution in [0.4, 0.5) is 5.69 Å². The van der Waals surface area contributed by atoms with Crippen LogP contribution in [-0.2, 0) is 0 Å². The van der Waals surface area contributed by atoms with E-state index >= 15 is 0 Å². The van der Waals surface area contributed by atoms with Crippen molar-refractivity contribution in [2.75, 3.05) is 24.5 Å². The molecule has 16 heavy (non-hydrogen) atoms. The summed E-state index contributed by atoms with van der Waals surface area (Å²) in [6, 6.07) is 3.45. The SMILES string of the molecule is NCC1CCN(c2ccnc(C(=O)O)c2)C1. The number of rotatable bonds is 3. The van der Waals surface area contributed by atoms with Crippen LogP contribution in [0.2, 0.25) is 0 Å². The van der Waals surface area contributed by atoms with Gasteiger partial charge in [0, 0.05) is 25.0 Å². The van der Waals surface area contributed by atoms with Gasteiger partial charge in [-0.15, -0.1) is 0 Å². The van der Waals surface area contributed by atoms with Crippen molar-refractivity contribution in [3.63, 3.8) is 0 Å². The van der Waals surface area contributed by atoms with Crippen LogP contribution in [-0.4, -0.2) is 35.7 Å². The lowest BCUT2D eigenvalue weighted by Gasteiger charge is -2.18. The van der Waals surface area contributed by atoms with E-state index in [2.05, 4.69) is 9.88 Å². The van der Waals surface area contributed by atoms with Gasteiger partial charge in [0.2, 0.25) is 0 Å². The average molecular weight is 221 g/mol. The number of aromatic carboxylic acids is 1. The number of hydrogen-bond donors (Lipinski definition) is 2. The number of pyridine rings is 1. The molecule has 1 aromatic heterocycles. The fraction of sp³-hybridized carbons (Fsp3) is 0.455. The summed E-state index contributed by atoms with van der Waals surface area (Å²) in [5, 5.41) is 8.85. The number of carboxylic acid groups (broad SMARTS) is 1. The minimum Gasteiger partial charge on any atom is -0.477 e. The molecule has 0 radical (unpaired) electrons. The highest BCUT2D eigenvalue weighted by molar-refractivity contribution is 5.86. The van der Waals surface area contributed by atoms with Crippen molar-refractivity contribution >= 4 is 11.7 Å². The Morgan fingerprint density at radius 3 is 3.12 bits per heavy atom. The van der Waals surface area contributed by atoms with Crippen molar-refractivity contribution in [2.45, 2.75) is 6.42 Å². The molecule has 0 aromatic carbocycles. The van der Waals surface area contributed by atoms with Gasteiger partial charge in [-0.1, -0.05) is 0 Å². The highest BCUT2D eigenvalue weighted by atomic mass is 16.4. The van der Waals surface area contributed by atoms with Gasteiger partial charge >= 0.3 is 5.97 Å². The van der Waals surface area contributed by atoms with Crippen LogP contribution in [0.1, 0.15) is 16.9 Å². The molecule has 0 bridgehead atoms. The molecule has 2 heterocycles. The van der Waals surface area contributed by atoms with E-state index in [1.54, 1.807) is 6.07 Å². The Balaban J connectivity index is 2.15. The van der Waals surface area contributed by atoms with Crippen LogP contribution in [0, 0.1) is 5.92 Å². The molecule has 5 heteroatoms. The number of hydrogen-bond acceptors (Lipinski definition) is 4. The first-order valence-corrected chi connectivity index (χ1v) is 5.35. The maximum Gasteiger partial charge on any atom is 0.354 e. The quantitative estimate of drug-likeness (QED) is 0.779. The Morgan fingerprint density at radius 1 is 1.69 bits per heavy atom. The van der Waals surface area contributed by atoms with E-state index in [9.17, 15) is 4.79 Å². The van der Waals surface area contributed by atoms with E-state index < -0.39 is 5.97 Å². The van der Waals surface area contributed by atoms with Crippen molar-refractivity contribution in [1.82, 2.24) is 4.98 Å². The van der Waals surface area contributed by atoms with Gasteiger partial charge in [-0.25, -0.2) is 9.78 Å². The summed E-state index contributed by atoms with van der Waals surface area (Å²) in [7, 11) is 0. The Bertz CT molecular complexity index is 395. The maximum absolute atomic E-state index is 10.8. The number of carbonyl (C=O) groups is 1. The van der Waals surface area contributed by atoms with Gasteiger partial charge in [-0.05, 0) is 31.0 Å². The van der Waals surface area contributed by atoms with E-state index in [4.69, 9.17) is 10.8 Å². The van der Waals surface area contributed by atoms with Gasteiger partial charge in [0.25, 0.3) is 0 Å². The van der Waals surface area contributed by atoms with E-state index in [1.165, 1.54) is 6.20 Å². The predicted octanol–water partition coefficient (Wildman–Crippen LogP) is 0.565. The minimum absolute atomic E-state index is 0.0914. The summed E-state index contributed by atoms with van der Waals surface area (Å²) in [5.74, 6) is -0.474. The lowest BCUT2D eigenvalue weighted by Crippen LogP contribution is -2.22. The zero-order valence-electron chi connectivity index (χ0n) is 8.97. The van der Waals surface area contributed by atoms with Gasteiger partial charge in [0.15, 0.2) is 0 Å². The molecule has 0 saturated carbocycles. The zero-order chi connectivity index (χ0) is 11.5. The largest absolute Gasteiger partial charge is 0.477 e. The van der Waals surface area contributed by atoms with Crippen LogP contribution in [0.15, 0.2) is 18.3 Å². The van der Waals surface area contributed by atoms with Gasteiger partial charge < -0.3 is 15.7 Å². The summed E-state index contributed by atoms with van der Waals surface area (Å²) in [5.41, 5.74) is 6.63. The molecular weight excluding hydrogens is 206 g/mol. The second-order valence-corrected chi connectivity index (χ2v) is 4.04. The molecule has 1 atom stereocenters. The lowest BCUT2D eigenvalue weighted by atomic mass is 10.1. The van der Waals surface area contributed by atoms with Crippen molar-refractivity contribution in [3.05, 3.63) is 24.0 Å². The van der Waals surface area contributed by atoms with Crippen LogP contribution in [0.5, 0.6) is 0 Å². The summed E-state index contributed by atoms with van der Waals surface area (Å²) in [6.07, 6.45) is 2.61. The van der Waals surface area contributed by atoms with Crippen molar-refractivity contribution in [3.8, 4) is 0 Å². The van der Waals surface area contributed by atoms with Crippen LogP contribution in [0.3, 0.4) is 0 Å².